The van der Waals surface area contributed by atoms with E-state index < -0.39 is 11.9 Å². The second-order valence-corrected chi connectivity index (χ2v) is 5.26. The Hall–Kier alpha value is -1.84. The van der Waals surface area contributed by atoms with E-state index in [0.717, 1.165) is 16.5 Å². The molecule has 0 bridgehead atoms. The van der Waals surface area contributed by atoms with Gasteiger partial charge in [0.15, 0.2) is 0 Å². The molecular weight excluding hydrogens is 245 g/mol. The molecule has 0 aliphatic heterocycles. The van der Waals surface area contributed by atoms with Crippen molar-refractivity contribution in [2.24, 2.45) is 5.92 Å². The molecule has 0 fully saturated rings. The van der Waals surface area contributed by atoms with Gasteiger partial charge in [-0.1, -0.05) is 6.92 Å². The summed E-state index contributed by atoms with van der Waals surface area (Å²) in [7, 11) is 0. The largest absolute Gasteiger partial charge is 0.481 e. The number of nitrogens with zero attached hydrogens (tertiary/aromatic N) is 1. The highest BCUT2D eigenvalue weighted by molar-refractivity contribution is 5.85. The first kappa shape index (κ1) is 13.6. The van der Waals surface area contributed by atoms with E-state index in [1.165, 1.54) is 12.1 Å². The third kappa shape index (κ3) is 2.62. The van der Waals surface area contributed by atoms with Crippen LogP contribution in [0.3, 0.4) is 0 Å². The van der Waals surface area contributed by atoms with E-state index in [-0.39, 0.29) is 11.9 Å². The second-order valence-electron chi connectivity index (χ2n) is 5.26. The molecule has 1 aromatic carbocycles. The van der Waals surface area contributed by atoms with Crippen molar-refractivity contribution in [3.63, 3.8) is 0 Å². The number of carbonyl (C=O) groups is 1. The molecule has 0 aliphatic carbocycles. The Morgan fingerprint density at radius 2 is 2.05 bits per heavy atom. The SMILES string of the molecule is CC(Cc1cn(C(C)C)c2cc(F)ccc12)C(=O)O. The van der Waals surface area contributed by atoms with Crippen LogP contribution in [0.4, 0.5) is 4.39 Å². The summed E-state index contributed by atoms with van der Waals surface area (Å²) < 4.78 is 15.4. The van der Waals surface area contributed by atoms with E-state index in [9.17, 15) is 9.18 Å². The van der Waals surface area contributed by atoms with Gasteiger partial charge >= 0.3 is 5.97 Å². The van der Waals surface area contributed by atoms with Crippen LogP contribution in [0.1, 0.15) is 32.4 Å². The maximum Gasteiger partial charge on any atom is 0.306 e. The van der Waals surface area contributed by atoms with Crippen LogP contribution in [0.15, 0.2) is 24.4 Å². The molecule has 0 amide bonds. The van der Waals surface area contributed by atoms with Gasteiger partial charge < -0.3 is 9.67 Å². The molecule has 1 heterocycles. The molecule has 1 atom stereocenters. The number of carboxylic acids is 1. The first-order chi connectivity index (χ1) is 8.90. The molecule has 0 spiro atoms. The molecule has 102 valence electrons. The molecular formula is C15H18FNO2. The monoisotopic (exact) mass is 263 g/mol. The van der Waals surface area contributed by atoms with Crippen LogP contribution in [-0.4, -0.2) is 15.6 Å². The van der Waals surface area contributed by atoms with Crippen LogP contribution in [0.25, 0.3) is 10.9 Å². The van der Waals surface area contributed by atoms with Crippen LogP contribution in [0, 0.1) is 11.7 Å². The van der Waals surface area contributed by atoms with Crippen molar-refractivity contribution < 1.29 is 14.3 Å². The number of benzene rings is 1. The van der Waals surface area contributed by atoms with Gasteiger partial charge in [-0.2, -0.15) is 0 Å². The van der Waals surface area contributed by atoms with Crippen molar-refractivity contribution in [2.45, 2.75) is 33.2 Å². The summed E-state index contributed by atoms with van der Waals surface area (Å²) >= 11 is 0. The van der Waals surface area contributed by atoms with Crippen molar-refractivity contribution in [1.29, 1.82) is 0 Å². The van der Waals surface area contributed by atoms with E-state index in [1.54, 1.807) is 13.0 Å². The van der Waals surface area contributed by atoms with Gasteiger partial charge in [0.1, 0.15) is 5.82 Å². The predicted octanol–water partition coefficient (Wildman–Crippen LogP) is 3.62. The topological polar surface area (TPSA) is 42.2 Å². The standard InChI is InChI=1S/C15H18FNO2/c1-9(2)17-8-11(6-10(3)15(18)19)13-5-4-12(16)7-14(13)17/h4-5,7-10H,6H2,1-3H3,(H,18,19). The van der Waals surface area contributed by atoms with Crippen molar-refractivity contribution in [1.82, 2.24) is 4.57 Å². The third-order valence-electron chi connectivity index (χ3n) is 3.38. The summed E-state index contributed by atoms with van der Waals surface area (Å²) in [5.41, 5.74) is 1.78. The van der Waals surface area contributed by atoms with Crippen molar-refractivity contribution in [3.05, 3.63) is 35.8 Å². The molecule has 1 aromatic heterocycles. The molecule has 1 N–H and O–H groups in total. The molecule has 0 aliphatic rings. The minimum Gasteiger partial charge on any atom is -0.481 e. The van der Waals surface area contributed by atoms with E-state index in [2.05, 4.69) is 0 Å². The van der Waals surface area contributed by atoms with Gasteiger partial charge in [-0.25, -0.2) is 4.39 Å². The normalized spacial score (nSPS) is 13.1. The van der Waals surface area contributed by atoms with E-state index in [0.29, 0.717) is 6.42 Å². The summed E-state index contributed by atoms with van der Waals surface area (Å²) in [6.07, 6.45) is 2.39. The average molecular weight is 263 g/mol. The summed E-state index contributed by atoms with van der Waals surface area (Å²) in [5.74, 6) is -1.53. The number of fused-ring (bicyclic) bond motifs is 1. The van der Waals surface area contributed by atoms with Crippen LogP contribution in [-0.2, 0) is 11.2 Å². The lowest BCUT2D eigenvalue weighted by molar-refractivity contribution is -0.141. The number of aliphatic carboxylic acids is 1. The quantitative estimate of drug-likeness (QED) is 0.915. The Morgan fingerprint density at radius 3 is 2.63 bits per heavy atom. The maximum absolute atomic E-state index is 13.4. The summed E-state index contributed by atoms with van der Waals surface area (Å²) in [6.45, 7) is 5.73. The van der Waals surface area contributed by atoms with E-state index in [1.807, 2.05) is 24.6 Å². The molecule has 0 radical (unpaired) electrons. The number of rotatable bonds is 4. The van der Waals surface area contributed by atoms with Gasteiger partial charge in [-0.15, -0.1) is 0 Å². The van der Waals surface area contributed by atoms with Gasteiger partial charge in [0.05, 0.1) is 11.4 Å². The van der Waals surface area contributed by atoms with Gasteiger partial charge in [-0.3, -0.25) is 4.79 Å². The fourth-order valence-electron chi connectivity index (χ4n) is 2.30. The maximum atomic E-state index is 13.4. The average Bonchev–Trinajstić information content (AvgIpc) is 2.67. The summed E-state index contributed by atoms with van der Waals surface area (Å²) in [4.78, 5) is 11.0. The molecule has 4 heteroatoms. The Kier molecular flexibility index (Phi) is 3.60. The highest BCUT2D eigenvalue weighted by Gasteiger charge is 2.17. The Bertz CT molecular complexity index is 616. The molecule has 2 rings (SSSR count). The molecule has 3 nitrogen and oxygen atoms in total. The first-order valence-corrected chi connectivity index (χ1v) is 6.42. The Labute approximate surface area is 111 Å². The fraction of sp³-hybridized carbons (Fsp3) is 0.400. The van der Waals surface area contributed by atoms with Gasteiger partial charge in [0.25, 0.3) is 0 Å². The third-order valence-corrected chi connectivity index (χ3v) is 3.38. The molecule has 2 aromatic rings. The molecule has 0 saturated carbocycles. The van der Waals surface area contributed by atoms with Crippen molar-refractivity contribution >= 4 is 16.9 Å². The number of hydrogen-bond donors (Lipinski definition) is 1. The zero-order valence-corrected chi connectivity index (χ0v) is 11.4. The van der Waals surface area contributed by atoms with Crippen molar-refractivity contribution in [2.75, 3.05) is 0 Å². The van der Waals surface area contributed by atoms with Crippen LogP contribution >= 0.6 is 0 Å². The molecule has 1 unspecified atom stereocenters. The number of carboxylic acid groups (broad SMARTS) is 1. The Morgan fingerprint density at radius 1 is 1.37 bits per heavy atom. The van der Waals surface area contributed by atoms with Gasteiger partial charge in [0.2, 0.25) is 0 Å². The second kappa shape index (κ2) is 5.03. The summed E-state index contributed by atoms with van der Waals surface area (Å²) in [6, 6.07) is 4.86. The van der Waals surface area contributed by atoms with Crippen LogP contribution < -0.4 is 0 Å². The highest BCUT2D eigenvalue weighted by atomic mass is 19.1. The van der Waals surface area contributed by atoms with Crippen LogP contribution in [0.5, 0.6) is 0 Å². The van der Waals surface area contributed by atoms with Crippen LogP contribution in [0.2, 0.25) is 0 Å². The lowest BCUT2D eigenvalue weighted by atomic mass is 10.0. The zero-order chi connectivity index (χ0) is 14.2. The molecule has 19 heavy (non-hydrogen) atoms. The van der Waals surface area contributed by atoms with Crippen molar-refractivity contribution in [3.8, 4) is 0 Å². The zero-order valence-electron chi connectivity index (χ0n) is 11.4. The van der Waals surface area contributed by atoms with Gasteiger partial charge in [-0.05, 0) is 44.0 Å². The number of halogens is 1. The van der Waals surface area contributed by atoms with Gasteiger partial charge in [0, 0.05) is 17.6 Å². The van der Waals surface area contributed by atoms with E-state index >= 15 is 0 Å². The number of aromatic nitrogens is 1. The number of hydrogen-bond acceptors (Lipinski definition) is 1. The fourth-order valence-corrected chi connectivity index (χ4v) is 2.30. The lowest BCUT2D eigenvalue weighted by Gasteiger charge is -2.08. The molecule has 0 saturated heterocycles. The Balaban J connectivity index is 2.53. The predicted molar refractivity (Wildman–Crippen MR) is 72.8 cm³/mol. The smallest absolute Gasteiger partial charge is 0.306 e. The van der Waals surface area contributed by atoms with E-state index in [4.69, 9.17) is 5.11 Å². The lowest BCUT2D eigenvalue weighted by Crippen LogP contribution is -2.12. The minimum absolute atomic E-state index is 0.207. The first-order valence-electron chi connectivity index (χ1n) is 6.42. The minimum atomic E-state index is -0.812. The summed E-state index contributed by atoms with van der Waals surface area (Å²) in [5, 5.41) is 9.94. The highest BCUT2D eigenvalue weighted by Crippen LogP contribution is 2.27.